The van der Waals surface area contributed by atoms with Gasteiger partial charge in [0.05, 0.1) is 10.0 Å². The number of hydrogen-bond acceptors (Lipinski definition) is 3. The highest BCUT2D eigenvalue weighted by molar-refractivity contribution is 6.42. The van der Waals surface area contributed by atoms with Gasteiger partial charge in [-0.2, -0.15) is 0 Å². The summed E-state index contributed by atoms with van der Waals surface area (Å²) in [6.45, 7) is 4.47. The molecule has 2 bridgehead atoms. The number of hydrogen-bond donors (Lipinski definition) is 1. The average molecular weight is 379 g/mol. The van der Waals surface area contributed by atoms with Crippen LogP contribution in [-0.4, -0.2) is 36.0 Å². The van der Waals surface area contributed by atoms with E-state index in [0.717, 1.165) is 31.5 Å². The SMILES string of the molecule is C[C@H]1[C@H](NC(=O)c2ccc(-c3ccc(Cl)c(Cl)c3)o2)C2CCN1CC2. The van der Waals surface area contributed by atoms with Crippen molar-refractivity contribution in [3.63, 3.8) is 0 Å². The fourth-order valence-corrected chi connectivity index (χ4v) is 4.33. The molecule has 1 aromatic heterocycles. The molecule has 0 unspecified atom stereocenters. The largest absolute Gasteiger partial charge is 0.451 e. The van der Waals surface area contributed by atoms with Gasteiger partial charge in [-0.25, -0.2) is 0 Å². The minimum absolute atomic E-state index is 0.156. The number of nitrogens with one attached hydrogen (secondary N) is 1. The molecule has 0 saturated carbocycles. The summed E-state index contributed by atoms with van der Waals surface area (Å²) >= 11 is 12.0. The highest BCUT2D eigenvalue weighted by atomic mass is 35.5. The molecule has 6 heteroatoms. The highest BCUT2D eigenvalue weighted by Gasteiger charge is 2.40. The maximum atomic E-state index is 12.6. The third-order valence-corrected chi connectivity index (χ3v) is 6.25. The first-order chi connectivity index (χ1) is 12.0. The number of benzene rings is 1. The summed E-state index contributed by atoms with van der Waals surface area (Å²) in [5, 5.41) is 4.13. The van der Waals surface area contributed by atoms with Crippen LogP contribution in [0.15, 0.2) is 34.7 Å². The van der Waals surface area contributed by atoms with Crippen LogP contribution in [0.3, 0.4) is 0 Å². The van der Waals surface area contributed by atoms with Crippen molar-refractivity contribution >= 4 is 29.1 Å². The molecule has 3 aliphatic rings. The Morgan fingerprint density at radius 3 is 2.60 bits per heavy atom. The molecule has 1 amide bonds. The lowest BCUT2D eigenvalue weighted by Crippen LogP contribution is -2.62. The Bertz CT molecular complexity index is 794. The van der Waals surface area contributed by atoms with E-state index in [1.54, 1.807) is 24.3 Å². The number of amides is 1. The fraction of sp³-hybridized carbons (Fsp3) is 0.421. The number of fused-ring (bicyclic) bond motifs is 3. The Balaban J connectivity index is 1.50. The minimum Gasteiger partial charge on any atom is -0.451 e. The molecule has 1 N–H and O–H groups in total. The molecule has 0 radical (unpaired) electrons. The van der Waals surface area contributed by atoms with Gasteiger partial charge in [-0.1, -0.05) is 23.2 Å². The second kappa shape index (κ2) is 6.67. The molecule has 132 valence electrons. The molecule has 1 aromatic carbocycles. The third-order valence-electron chi connectivity index (χ3n) is 5.51. The zero-order valence-electron chi connectivity index (χ0n) is 14.0. The maximum absolute atomic E-state index is 12.6. The fourth-order valence-electron chi connectivity index (χ4n) is 4.03. The normalized spacial score (nSPS) is 28.1. The van der Waals surface area contributed by atoms with Gasteiger partial charge >= 0.3 is 0 Å². The number of halogens is 2. The number of rotatable bonds is 3. The van der Waals surface area contributed by atoms with E-state index in [0.29, 0.717) is 33.5 Å². The molecule has 4 nitrogen and oxygen atoms in total. The maximum Gasteiger partial charge on any atom is 0.287 e. The molecule has 4 heterocycles. The molecule has 0 aliphatic carbocycles. The first kappa shape index (κ1) is 17.0. The smallest absolute Gasteiger partial charge is 0.287 e. The molecular formula is C19H20Cl2N2O2. The summed E-state index contributed by atoms with van der Waals surface area (Å²) in [6.07, 6.45) is 2.31. The lowest BCUT2D eigenvalue weighted by molar-refractivity contribution is 0.0211. The summed E-state index contributed by atoms with van der Waals surface area (Å²) in [7, 11) is 0. The predicted octanol–water partition coefficient (Wildman–Crippen LogP) is 4.47. The molecule has 5 rings (SSSR count). The Labute approximate surface area is 157 Å². The molecule has 3 fully saturated rings. The Morgan fingerprint density at radius 2 is 1.92 bits per heavy atom. The Kier molecular flexibility index (Phi) is 4.52. The lowest BCUT2D eigenvalue weighted by atomic mass is 9.79. The van der Waals surface area contributed by atoms with Gasteiger partial charge < -0.3 is 9.73 Å². The van der Waals surface area contributed by atoms with Crippen molar-refractivity contribution in [1.29, 1.82) is 0 Å². The van der Waals surface area contributed by atoms with E-state index in [1.165, 1.54) is 0 Å². The first-order valence-electron chi connectivity index (χ1n) is 8.63. The predicted molar refractivity (Wildman–Crippen MR) is 99.2 cm³/mol. The van der Waals surface area contributed by atoms with Crippen LogP contribution in [0.1, 0.15) is 30.3 Å². The van der Waals surface area contributed by atoms with E-state index < -0.39 is 0 Å². The zero-order valence-corrected chi connectivity index (χ0v) is 15.5. The van der Waals surface area contributed by atoms with Crippen LogP contribution in [0, 0.1) is 5.92 Å². The number of carbonyl (C=O) groups is 1. The van der Waals surface area contributed by atoms with Gasteiger partial charge in [-0.05, 0) is 69.1 Å². The molecule has 2 aromatic rings. The van der Waals surface area contributed by atoms with Crippen LogP contribution >= 0.6 is 23.2 Å². The molecular weight excluding hydrogens is 359 g/mol. The first-order valence-corrected chi connectivity index (χ1v) is 9.38. The topological polar surface area (TPSA) is 45.5 Å². The van der Waals surface area contributed by atoms with E-state index >= 15 is 0 Å². The lowest BCUT2D eigenvalue weighted by Gasteiger charge is -2.49. The van der Waals surface area contributed by atoms with E-state index in [4.69, 9.17) is 27.6 Å². The van der Waals surface area contributed by atoms with Gasteiger partial charge in [-0.3, -0.25) is 9.69 Å². The number of carbonyl (C=O) groups excluding carboxylic acids is 1. The number of furan rings is 1. The summed E-state index contributed by atoms with van der Waals surface area (Å²) in [6, 6.07) is 9.34. The Hall–Kier alpha value is -1.49. The second-order valence-electron chi connectivity index (χ2n) is 6.91. The van der Waals surface area contributed by atoms with Crippen molar-refractivity contribution < 1.29 is 9.21 Å². The monoisotopic (exact) mass is 378 g/mol. The summed E-state index contributed by atoms with van der Waals surface area (Å²) < 4.78 is 5.76. The van der Waals surface area contributed by atoms with Crippen molar-refractivity contribution in [1.82, 2.24) is 10.2 Å². The van der Waals surface area contributed by atoms with Crippen molar-refractivity contribution in [2.24, 2.45) is 5.92 Å². The standard InChI is InChI=1S/C19H20Cl2N2O2/c1-11-18(12-6-8-23(11)9-7-12)22-19(24)17-5-4-16(25-17)13-2-3-14(20)15(21)10-13/h2-5,10-12,18H,6-9H2,1H3,(H,22,24)/t11-,18-/m0/s1. The molecule has 25 heavy (non-hydrogen) atoms. The molecule has 3 saturated heterocycles. The van der Waals surface area contributed by atoms with Crippen molar-refractivity contribution in [3.05, 3.63) is 46.1 Å². The summed E-state index contributed by atoms with van der Waals surface area (Å²) in [5.41, 5.74) is 0.796. The molecule has 3 aliphatic heterocycles. The van der Waals surface area contributed by atoms with Crippen LogP contribution in [0.25, 0.3) is 11.3 Å². The quantitative estimate of drug-likeness (QED) is 0.856. The van der Waals surface area contributed by atoms with Gasteiger partial charge in [-0.15, -0.1) is 0 Å². The highest BCUT2D eigenvalue weighted by Crippen LogP contribution is 2.33. The number of piperidine rings is 3. The van der Waals surface area contributed by atoms with E-state index in [-0.39, 0.29) is 11.9 Å². The van der Waals surface area contributed by atoms with Gasteiger partial charge in [0.25, 0.3) is 5.91 Å². The third kappa shape index (κ3) is 3.19. The summed E-state index contributed by atoms with van der Waals surface area (Å²) in [4.78, 5) is 15.1. The van der Waals surface area contributed by atoms with Crippen molar-refractivity contribution in [3.8, 4) is 11.3 Å². The van der Waals surface area contributed by atoms with Crippen molar-refractivity contribution in [2.75, 3.05) is 13.1 Å². The van der Waals surface area contributed by atoms with Gasteiger partial charge in [0.2, 0.25) is 0 Å². The van der Waals surface area contributed by atoms with Crippen LogP contribution in [-0.2, 0) is 0 Å². The molecule has 0 spiro atoms. The van der Waals surface area contributed by atoms with Gasteiger partial charge in [0.1, 0.15) is 5.76 Å². The van der Waals surface area contributed by atoms with E-state index in [1.807, 2.05) is 6.07 Å². The van der Waals surface area contributed by atoms with Crippen LogP contribution < -0.4 is 5.32 Å². The van der Waals surface area contributed by atoms with E-state index in [2.05, 4.69) is 17.1 Å². The van der Waals surface area contributed by atoms with Crippen LogP contribution in [0.2, 0.25) is 10.0 Å². The number of nitrogens with zero attached hydrogens (tertiary/aromatic N) is 1. The van der Waals surface area contributed by atoms with Crippen molar-refractivity contribution in [2.45, 2.75) is 31.8 Å². The zero-order chi connectivity index (χ0) is 17.6. The minimum atomic E-state index is -0.156. The summed E-state index contributed by atoms with van der Waals surface area (Å²) in [5.74, 6) is 1.33. The van der Waals surface area contributed by atoms with E-state index in [9.17, 15) is 4.79 Å². The average Bonchev–Trinajstić information content (AvgIpc) is 3.11. The van der Waals surface area contributed by atoms with Crippen LogP contribution in [0.4, 0.5) is 0 Å². The van der Waals surface area contributed by atoms with Crippen LogP contribution in [0.5, 0.6) is 0 Å². The Morgan fingerprint density at radius 1 is 1.16 bits per heavy atom. The second-order valence-corrected chi connectivity index (χ2v) is 7.72. The molecule has 2 atom stereocenters. The van der Waals surface area contributed by atoms with Gasteiger partial charge in [0, 0.05) is 17.6 Å². The van der Waals surface area contributed by atoms with Gasteiger partial charge in [0.15, 0.2) is 5.76 Å².